The Morgan fingerprint density at radius 1 is 1.08 bits per heavy atom. The van der Waals surface area contributed by atoms with Crippen molar-refractivity contribution in [2.45, 2.75) is 108 Å². The summed E-state index contributed by atoms with van der Waals surface area (Å²) >= 11 is 5.39. The standard InChI is InChI=1S/C30H50O3S3/c1-19(8-13-27(32)30(34-5,35-6)36-7)24-11-12-25-23-10-9-21-18-22(33-20(2)31)14-16-28(21,3)26(23)15-17-29(24,25)4/h9,19,22-27,32H,8,10-18H2,1-7H3/t19-,22+,23+,24-,25+,26+,27?,28+,29-/m1/s1. The molecule has 206 valence electrons. The van der Waals surface area contributed by atoms with E-state index in [2.05, 4.69) is 45.6 Å². The minimum absolute atomic E-state index is 0.0846. The van der Waals surface area contributed by atoms with Gasteiger partial charge in [-0.3, -0.25) is 4.79 Å². The summed E-state index contributed by atoms with van der Waals surface area (Å²) in [5.41, 5.74) is 2.32. The highest BCUT2D eigenvalue weighted by atomic mass is 32.3. The quantitative estimate of drug-likeness (QED) is 0.177. The lowest BCUT2D eigenvalue weighted by Gasteiger charge is -2.58. The molecule has 3 nitrogen and oxygen atoms in total. The van der Waals surface area contributed by atoms with Crippen LogP contribution in [0.4, 0.5) is 0 Å². The highest BCUT2D eigenvalue weighted by Gasteiger charge is 2.59. The molecule has 6 heteroatoms. The van der Waals surface area contributed by atoms with Crippen LogP contribution in [0.5, 0.6) is 0 Å². The average molecular weight is 555 g/mol. The van der Waals surface area contributed by atoms with E-state index < -0.39 is 0 Å². The van der Waals surface area contributed by atoms with Crippen LogP contribution in [0.15, 0.2) is 11.6 Å². The first-order valence-electron chi connectivity index (χ1n) is 14.2. The largest absolute Gasteiger partial charge is 0.462 e. The summed E-state index contributed by atoms with van der Waals surface area (Å²) in [7, 11) is 0. The first kappa shape index (κ1) is 29.2. The summed E-state index contributed by atoms with van der Waals surface area (Å²) < 4.78 is 5.48. The predicted molar refractivity (Wildman–Crippen MR) is 158 cm³/mol. The topological polar surface area (TPSA) is 46.5 Å². The fourth-order valence-corrected chi connectivity index (χ4v) is 12.6. The van der Waals surface area contributed by atoms with E-state index in [1.54, 1.807) is 47.8 Å². The summed E-state index contributed by atoms with van der Waals surface area (Å²) in [6.07, 6.45) is 20.6. The first-order chi connectivity index (χ1) is 17.0. The summed E-state index contributed by atoms with van der Waals surface area (Å²) in [5, 5.41) is 11.1. The van der Waals surface area contributed by atoms with E-state index in [-0.39, 0.29) is 21.6 Å². The Bertz CT molecular complexity index is 818. The Kier molecular flexibility index (Phi) is 9.23. The molecule has 1 N–H and O–H groups in total. The van der Waals surface area contributed by atoms with Crippen LogP contribution in [0.1, 0.15) is 91.9 Å². The second kappa shape index (κ2) is 11.4. The number of aliphatic hydroxyl groups is 1. The van der Waals surface area contributed by atoms with Crippen LogP contribution in [-0.2, 0) is 9.53 Å². The number of rotatable bonds is 9. The molecule has 0 aromatic carbocycles. The van der Waals surface area contributed by atoms with E-state index in [1.165, 1.54) is 38.5 Å². The van der Waals surface area contributed by atoms with Gasteiger partial charge in [-0.15, -0.1) is 35.3 Å². The van der Waals surface area contributed by atoms with Gasteiger partial charge in [0.25, 0.3) is 0 Å². The molecule has 3 saturated carbocycles. The van der Waals surface area contributed by atoms with Gasteiger partial charge in [-0.1, -0.05) is 32.4 Å². The molecule has 36 heavy (non-hydrogen) atoms. The minimum atomic E-state index is -0.273. The van der Waals surface area contributed by atoms with Crippen molar-refractivity contribution in [1.29, 1.82) is 0 Å². The molecule has 0 amide bonds. The molecule has 0 aliphatic heterocycles. The number of aliphatic hydroxyl groups excluding tert-OH is 1. The van der Waals surface area contributed by atoms with Gasteiger partial charge in [-0.2, -0.15) is 0 Å². The zero-order valence-electron chi connectivity index (χ0n) is 23.7. The van der Waals surface area contributed by atoms with Gasteiger partial charge in [0.15, 0.2) is 0 Å². The maximum absolute atomic E-state index is 11.5. The van der Waals surface area contributed by atoms with Gasteiger partial charge in [0.1, 0.15) is 9.52 Å². The maximum Gasteiger partial charge on any atom is 0.302 e. The van der Waals surface area contributed by atoms with Crippen molar-refractivity contribution >= 4 is 41.3 Å². The highest BCUT2D eigenvalue weighted by Crippen LogP contribution is 2.67. The molecule has 0 aromatic heterocycles. The molecule has 4 aliphatic carbocycles. The normalized spacial score (nSPS) is 39.9. The Labute approximate surface area is 233 Å². The summed E-state index contributed by atoms with van der Waals surface area (Å²) in [6.45, 7) is 9.19. The molecule has 4 rings (SSSR count). The molecule has 1 unspecified atom stereocenters. The zero-order chi connectivity index (χ0) is 26.3. The van der Waals surface area contributed by atoms with Crippen molar-refractivity contribution in [2.75, 3.05) is 18.8 Å². The van der Waals surface area contributed by atoms with E-state index in [1.807, 2.05) is 0 Å². The number of carbonyl (C=O) groups excluding carboxylic acids is 1. The summed E-state index contributed by atoms with van der Waals surface area (Å²) in [5.74, 6) is 3.74. The van der Waals surface area contributed by atoms with Crippen LogP contribution in [0.25, 0.3) is 0 Å². The van der Waals surface area contributed by atoms with Gasteiger partial charge in [0.2, 0.25) is 0 Å². The monoisotopic (exact) mass is 554 g/mol. The fourth-order valence-electron chi connectivity index (χ4n) is 9.39. The van der Waals surface area contributed by atoms with E-state index in [0.29, 0.717) is 16.7 Å². The molecule has 3 fully saturated rings. The molecule has 0 radical (unpaired) electrons. The second-order valence-corrected chi connectivity index (χ2v) is 16.7. The fraction of sp³-hybridized carbons (Fsp3) is 0.900. The van der Waals surface area contributed by atoms with Crippen LogP contribution in [0.3, 0.4) is 0 Å². The van der Waals surface area contributed by atoms with Gasteiger partial charge >= 0.3 is 5.97 Å². The zero-order valence-corrected chi connectivity index (χ0v) is 26.1. The third kappa shape index (κ3) is 5.08. The lowest BCUT2D eigenvalue weighted by Crippen LogP contribution is -2.51. The van der Waals surface area contributed by atoms with Gasteiger partial charge in [0.05, 0.1) is 6.10 Å². The molecule has 0 aromatic rings. The number of carbonyl (C=O) groups is 1. The van der Waals surface area contributed by atoms with Crippen LogP contribution in [-0.4, -0.2) is 45.5 Å². The van der Waals surface area contributed by atoms with Crippen molar-refractivity contribution < 1.29 is 14.6 Å². The average Bonchev–Trinajstić information content (AvgIpc) is 3.21. The van der Waals surface area contributed by atoms with Gasteiger partial charge < -0.3 is 9.84 Å². The van der Waals surface area contributed by atoms with Crippen LogP contribution in [0.2, 0.25) is 0 Å². The van der Waals surface area contributed by atoms with E-state index in [4.69, 9.17) is 4.74 Å². The SMILES string of the molecule is CSC(SC)(SC)C(O)CC[C@@H](C)[C@H]1CC[C@H]2[C@@H]3CC=C4C[C@@H](OC(C)=O)CC[C@]4(C)[C@H]3CC[C@]12C. The Morgan fingerprint density at radius 2 is 1.78 bits per heavy atom. The molecule has 0 heterocycles. The Morgan fingerprint density at radius 3 is 2.42 bits per heavy atom. The van der Waals surface area contributed by atoms with E-state index in [0.717, 1.165) is 49.4 Å². The molecule has 0 spiro atoms. The van der Waals surface area contributed by atoms with Crippen molar-refractivity contribution in [3.05, 3.63) is 11.6 Å². The number of allylic oxidation sites excluding steroid dienone is 1. The number of hydrogen-bond donors (Lipinski definition) is 1. The molecule has 9 atom stereocenters. The molecule has 4 aliphatic rings. The first-order valence-corrected chi connectivity index (χ1v) is 17.9. The third-order valence-corrected chi connectivity index (χ3v) is 16.8. The smallest absolute Gasteiger partial charge is 0.302 e. The third-order valence-electron chi connectivity index (χ3n) is 11.3. The van der Waals surface area contributed by atoms with Crippen LogP contribution in [0, 0.1) is 40.4 Å². The van der Waals surface area contributed by atoms with Crippen molar-refractivity contribution in [3.63, 3.8) is 0 Å². The van der Waals surface area contributed by atoms with E-state index >= 15 is 0 Å². The summed E-state index contributed by atoms with van der Waals surface area (Å²) in [6, 6.07) is 0. The number of ether oxygens (including phenoxy) is 1. The van der Waals surface area contributed by atoms with Crippen molar-refractivity contribution in [2.24, 2.45) is 40.4 Å². The van der Waals surface area contributed by atoms with Gasteiger partial charge in [-0.05, 0) is 117 Å². The molecule has 0 saturated heterocycles. The maximum atomic E-state index is 11.5. The Balaban J connectivity index is 1.43. The Hall–Kier alpha value is 0.220. The molecule has 0 bridgehead atoms. The molecular formula is C30H50O3S3. The number of thioether (sulfide) groups is 3. The van der Waals surface area contributed by atoms with Gasteiger partial charge in [0, 0.05) is 13.3 Å². The van der Waals surface area contributed by atoms with E-state index in [9.17, 15) is 9.90 Å². The molecular weight excluding hydrogens is 505 g/mol. The van der Waals surface area contributed by atoms with Crippen molar-refractivity contribution in [3.8, 4) is 0 Å². The number of hydrogen-bond acceptors (Lipinski definition) is 6. The van der Waals surface area contributed by atoms with Crippen LogP contribution >= 0.6 is 35.3 Å². The number of esters is 1. The van der Waals surface area contributed by atoms with Gasteiger partial charge in [-0.25, -0.2) is 0 Å². The number of fused-ring (bicyclic) bond motifs is 5. The minimum Gasteiger partial charge on any atom is -0.462 e. The predicted octanol–water partition coefficient (Wildman–Crippen LogP) is 8.02. The second-order valence-electron chi connectivity index (χ2n) is 12.7. The highest BCUT2D eigenvalue weighted by molar-refractivity contribution is 8.33. The van der Waals surface area contributed by atoms with Crippen molar-refractivity contribution in [1.82, 2.24) is 0 Å². The lowest BCUT2D eigenvalue weighted by molar-refractivity contribution is -0.148. The summed E-state index contributed by atoms with van der Waals surface area (Å²) in [4.78, 5) is 11.5. The van der Waals surface area contributed by atoms with Crippen LogP contribution < -0.4 is 0 Å². The lowest BCUT2D eigenvalue weighted by atomic mass is 9.47.